The fourth-order valence-electron chi connectivity index (χ4n) is 1.14. The van der Waals surface area contributed by atoms with Gasteiger partial charge in [0, 0.05) is 6.54 Å². The molecular weight excluding hydrogens is 184 g/mol. The Hall–Kier alpha value is -1.10. The van der Waals surface area contributed by atoms with E-state index in [9.17, 15) is 9.59 Å². The number of rotatable bonds is 1. The highest BCUT2D eigenvalue weighted by atomic mass is 16.6. The molecule has 0 aromatic rings. The molecule has 0 unspecified atom stereocenters. The maximum atomic E-state index is 11.5. The molecule has 1 atom stereocenters. The minimum absolute atomic E-state index is 0.174. The number of esters is 1. The summed E-state index contributed by atoms with van der Waals surface area (Å²) in [5.41, 5.74) is -0.515. The Balaban J connectivity index is 2.48. The van der Waals surface area contributed by atoms with Crippen molar-refractivity contribution in [3.8, 4) is 0 Å². The summed E-state index contributed by atoms with van der Waals surface area (Å²) in [6, 6.07) is -0.560. The highest BCUT2D eigenvalue weighted by Gasteiger charge is 2.28. The normalized spacial score (nSPS) is 22.8. The molecule has 5 nitrogen and oxygen atoms in total. The topological polar surface area (TPSA) is 67.4 Å². The second-order valence-corrected chi connectivity index (χ2v) is 4.28. The Kier molecular flexibility index (Phi) is 3.10. The molecule has 0 bridgehead atoms. The van der Waals surface area contributed by atoms with Crippen LogP contribution in [-0.2, 0) is 14.3 Å². The van der Waals surface area contributed by atoms with Crippen LogP contribution in [0.2, 0.25) is 0 Å². The van der Waals surface area contributed by atoms with Gasteiger partial charge in [-0.2, -0.15) is 0 Å². The molecule has 1 heterocycles. The molecule has 0 aromatic carbocycles. The van der Waals surface area contributed by atoms with Crippen LogP contribution in [0.25, 0.3) is 0 Å². The van der Waals surface area contributed by atoms with Crippen LogP contribution in [0, 0.1) is 0 Å². The number of hydrogen-bond acceptors (Lipinski definition) is 4. The highest BCUT2D eigenvalue weighted by Crippen LogP contribution is 2.08. The van der Waals surface area contributed by atoms with Gasteiger partial charge in [-0.05, 0) is 20.8 Å². The molecule has 1 saturated heterocycles. The van der Waals surface area contributed by atoms with E-state index in [4.69, 9.17) is 4.74 Å². The molecule has 1 amide bonds. The standard InChI is InChI=1S/C9H16N2O3/c1-9(2,3)14-8(13)6-4-10-5-7(12)11-6/h6,10H,4-5H2,1-3H3,(H,11,12)/t6-/m1/s1. The first kappa shape index (κ1) is 11.0. The van der Waals surface area contributed by atoms with Gasteiger partial charge in [-0.1, -0.05) is 0 Å². The third kappa shape index (κ3) is 3.33. The largest absolute Gasteiger partial charge is 0.458 e. The molecule has 0 aliphatic carbocycles. The summed E-state index contributed by atoms with van der Waals surface area (Å²) in [5.74, 6) is -0.565. The van der Waals surface area contributed by atoms with Crippen molar-refractivity contribution in [2.45, 2.75) is 32.4 Å². The van der Waals surface area contributed by atoms with Crippen molar-refractivity contribution in [1.82, 2.24) is 10.6 Å². The van der Waals surface area contributed by atoms with Gasteiger partial charge in [-0.15, -0.1) is 0 Å². The number of hydrogen-bond donors (Lipinski definition) is 2. The lowest BCUT2D eigenvalue weighted by atomic mass is 10.2. The predicted molar refractivity (Wildman–Crippen MR) is 50.6 cm³/mol. The van der Waals surface area contributed by atoms with Crippen LogP contribution >= 0.6 is 0 Å². The zero-order chi connectivity index (χ0) is 10.8. The molecule has 0 spiro atoms. The molecule has 0 saturated carbocycles. The van der Waals surface area contributed by atoms with Gasteiger partial charge in [0.05, 0.1) is 6.54 Å². The Labute approximate surface area is 83.2 Å². The van der Waals surface area contributed by atoms with Crippen LogP contribution in [0.1, 0.15) is 20.8 Å². The maximum absolute atomic E-state index is 11.5. The Morgan fingerprint density at radius 1 is 1.50 bits per heavy atom. The zero-order valence-corrected chi connectivity index (χ0v) is 8.72. The molecule has 2 N–H and O–H groups in total. The van der Waals surface area contributed by atoms with E-state index in [0.717, 1.165) is 0 Å². The highest BCUT2D eigenvalue weighted by molar-refractivity contribution is 5.87. The fourth-order valence-corrected chi connectivity index (χ4v) is 1.14. The molecule has 1 fully saturated rings. The van der Waals surface area contributed by atoms with Crippen molar-refractivity contribution < 1.29 is 14.3 Å². The second-order valence-electron chi connectivity index (χ2n) is 4.28. The van der Waals surface area contributed by atoms with Gasteiger partial charge in [0.15, 0.2) is 0 Å². The average molecular weight is 200 g/mol. The molecular formula is C9H16N2O3. The van der Waals surface area contributed by atoms with Crippen LogP contribution in [0.3, 0.4) is 0 Å². The molecule has 0 radical (unpaired) electrons. The van der Waals surface area contributed by atoms with Crippen molar-refractivity contribution in [2.75, 3.05) is 13.1 Å². The lowest BCUT2D eigenvalue weighted by molar-refractivity contribution is -0.159. The lowest BCUT2D eigenvalue weighted by Crippen LogP contribution is -2.56. The van der Waals surface area contributed by atoms with Crippen LogP contribution in [0.4, 0.5) is 0 Å². The van der Waals surface area contributed by atoms with Gasteiger partial charge in [0.25, 0.3) is 0 Å². The molecule has 1 aliphatic heterocycles. The van der Waals surface area contributed by atoms with Gasteiger partial charge in [-0.25, -0.2) is 4.79 Å². The fraction of sp³-hybridized carbons (Fsp3) is 0.778. The van der Waals surface area contributed by atoms with Crippen LogP contribution < -0.4 is 10.6 Å². The Bertz CT molecular complexity index is 245. The molecule has 14 heavy (non-hydrogen) atoms. The van der Waals surface area contributed by atoms with Crippen molar-refractivity contribution in [3.63, 3.8) is 0 Å². The van der Waals surface area contributed by atoms with Crippen molar-refractivity contribution in [1.29, 1.82) is 0 Å². The van der Waals surface area contributed by atoms with Gasteiger partial charge < -0.3 is 15.4 Å². The van der Waals surface area contributed by atoms with Crippen molar-refractivity contribution in [2.24, 2.45) is 0 Å². The van der Waals surface area contributed by atoms with Gasteiger partial charge in [-0.3, -0.25) is 4.79 Å². The number of carbonyl (C=O) groups is 2. The van der Waals surface area contributed by atoms with E-state index in [1.807, 2.05) is 0 Å². The average Bonchev–Trinajstić information content (AvgIpc) is 2.01. The van der Waals surface area contributed by atoms with E-state index in [1.165, 1.54) is 0 Å². The monoisotopic (exact) mass is 200 g/mol. The SMILES string of the molecule is CC(C)(C)OC(=O)[C@H]1CNCC(=O)N1. The Morgan fingerprint density at radius 2 is 2.14 bits per heavy atom. The summed E-state index contributed by atoms with van der Waals surface area (Å²) in [5, 5.41) is 5.40. The number of piperazine rings is 1. The van der Waals surface area contributed by atoms with Gasteiger partial charge >= 0.3 is 5.97 Å². The second kappa shape index (κ2) is 3.96. The Morgan fingerprint density at radius 3 is 2.64 bits per heavy atom. The van der Waals surface area contributed by atoms with E-state index in [0.29, 0.717) is 6.54 Å². The summed E-state index contributed by atoms with van der Waals surface area (Å²) in [7, 11) is 0. The molecule has 1 aliphatic rings. The molecule has 5 heteroatoms. The number of carbonyl (C=O) groups excluding carboxylic acids is 2. The zero-order valence-electron chi connectivity index (χ0n) is 8.72. The van der Waals surface area contributed by atoms with E-state index in [-0.39, 0.29) is 12.5 Å². The molecule has 1 rings (SSSR count). The first-order chi connectivity index (χ1) is 6.38. The van der Waals surface area contributed by atoms with Gasteiger partial charge in [0.2, 0.25) is 5.91 Å². The van der Waals surface area contributed by atoms with Crippen LogP contribution in [-0.4, -0.2) is 36.6 Å². The summed E-state index contributed by atoms with van der Waals surface area (Å²) in [6.45, 7) is 6.08. The summed E-state index contributed by atoms with van der Waals surface area (Å²) in [6.07, 6.45) is 0. The van der Waals surface area contributed by atoms with Crippen LogP contribution in [0.5, 0.6) is 0 Å². The first-order valence-electron chi connectivity index (χ1n) is 4.61. The van der Waals surface area contributed by atoms with Gasteiger partial charge in [0.1, 0.15) is 11.6 Å². The number of ether oxygens (including phenoxy) is 1. The summed E-state index contributed by atoms with van der Waals surface area (Å²) in [4.78, 5) is 22.4. The maximum Gasteiger partial charge on any atom is 0.330 e. The lowest BCUT2D eigenvalue weighted by Gasteiger charge is -2.27. The van der Waals surface area contributed by atoms with E-state index in [2.05, 4.69) is 10.6 Å². The number of nitrogens with one attached hydrogen (secondary N) is 2. The quantitative estimate of drug-likeness (QED) is 0.555. The smallest absolute Gasteiger partial charge is 0.330 e. The predicted octanol–water partition coefficient (Wildman–Crippen LogP) is -0.584. The molecule has 80 valence electrons. The minimum atomic E-state index is -0.560. The minimum Gasteiger partial charge on any atom is -0.458 e. The van der Waals surface area contributed by atoms with E-state index in [1.54, 1.807) is 20.8 Å². The summed E-state index contributed by atoms with van der Waals surface area (Å²) >= 11 is 0. The summed E-state index contributed by atoms with van der Waals surface area (Å²) < 4.78 is 5.13. The molecule has 0 aromatic heterocycles. The number of amides is 1. The van der Waals surface area contributed by atoms with E-state index < -0.39 is 17.6 Å². The van der Waals surface area contributed by atoms with Crippen molar-refractivity contribution in [3.05, 3.63) is 0 Å². The first-order valence-corrected chi connectivity index (χ1v) is 4.61. The third-order valence-electron chi connectivity index (χ3n) is 1.66. The van der Waals surface area contributed by atoms with Crippen LogP contribution in [0.15, 0.2) is 0 Å². The third-order valence-corrected chi connectivity index (χ3v) is 1.66. The van der Waals surface area contributed by atoms with E-state index >= 15 is 0 Å². The van der Waals surface area contributed by atoms with Crippen molar-refractivity contribution >= 4 is 11.9 Å².